The quantitative estimate of drug-likeness (QED) is 0.313. The van der Waals surface area contributed by atoms with Crippen LogP contribution in [0.15, 0.2) is 47.4 Å². The number of allylic oxidation sites excluding steroid dienone is 1. The van der Waals surface area contributed by atoms with Crippen LogP contribution in [-0.4, -0.2) is 76.3 Å². The van der Waals surface area contributed by atoms with Crippen LogP contribution in [0.4, 0.5) is 0 Å². The van der Waals surface area contributed by atoms with Crippen LogP contribution in [0, 0.1) is 0 Å². The van der Waals surface area contributed by atoms with E-state index < -0.39 is 10.0 Å². The van der Waals surface area contributed by atoms with Crippen molar-refractivity contribution in [3.8, 4) is 17.2 Å². The number of ether oxygens (including phenoxy) is 3. The maximum atomic E-state index is 13.2. The highest BCUT2D eigenvalue weighted by molar-refractivity contribution is 7.89. The van der Waals surface area contributed by atoms with E-state index in [4.69, 9.17) is 37.4 Å². The number of nitrogens with zero attached hydrogens (tertiary/aromatic N) is 2. The summed E-state index contributed by atoms with van der Waals surface area (Å²) in [6.45, 7) is 5.78. The zero-order valence-electron chi connectivity index (χ0n) is 20.8. The second kappa shape index (κ2) is 12.2. The molecule has 12 heteroatoms. The van der Waals surface area contributed by atoms with Gasteiger partial charge in [0.1, 0.15) is 27.2 Å². The summed E-state index contributed by atoms with van der Waals surface area (Å²) in [6, 6.07) is 7.44. The van der Waals surface area contributed by atoms with Gasteiger partial charge in [-0.15, -0.1) is 0 Å². The fourth-order valence-electron chi connectivity index (χ4n) is 3.71. The minimum Gasteiger partial charge on any atom is -0.497 e. The molecule has 1 amide bonds. The first-order valence-electron chi connectivity index (χ1n) is 11.4. The van der Waals surface area contributed by atoms with E-state index in [1.54, 1.807) is 6.07 Å². The minimum absolute atomic E-state index is 0.0218. The standard InChI is InChI=1S/C25H28Cl2N2O7S/c1-5-16(2)25(31)18-7-8-19(24(27)23(18)26)36-15-22(30)28-10-12-29(13-11-28)37(32,33)21-9-6-17(34-3)14-20(21)35-4/h6-9,14H,2,5,10-13,15H2,1,3-4H3. The van der Waals surface area contributed by atoms with Crippen LogP contribution in [0.25, 0.3) is 0 Å². The lowest BCUT2D eigenvalue weighted by molar-refractivity contribution is -0.134. The molecule has 3 rings (SSSR count). The Hall–Kier alpha value is -2.79. The second-order valence-corrected chi connectivity index (χ2v) is 10.8. The van der Waals surface area contributed by atoms with Crippen molar-refractivity contribution in [3.63, 3.8) is 0 Å². The molecule has 1 heterocycles. The van der Waals surface area contributed by atoms with Crippen molar-refractivity contribution in [2.24, 2.45) is 0 Å². The molecule has 0 spiro atoms. The topological polar surface area (TPSA) is 102 Å². The summed E-state index contributed by atoms with van der Waals surface area (Å²) in [5, 5.41) is 0.0487. The van der Waals surface area contributed by atoms with Crippen LogP contribution in [0.3, 0.4) is 0 Å². The monoisotopic (exact) mass is 570 g/mol. The molecule has 1 fully saturated rings. The van der Waals surface area contributed by atoms with Crippen molar-refractivity contribution >= 4 is 44.9 Å². The number of rotatable bonds is 10. The number of ketones is 1. The molecule has 2 aromatic carbocycles. The average molecular weight is 571 g/mol. The van der Waals surface area contributed by atoms with Gasteiger partial charge in [0, 0.05) is 37.8 Å². The van der Waals surface area contributed by atoms with E-state index in [1.165, 1.54) is 47.7 Å². The van der Waals surface area contributed by atoms with Crippen molar-refractivity contribution in [2.75, 3.05) is 47.0 Å². The van der Waals surface area contributed by atoms with Gasteiger partial charge in [0.25, 0.3) is 5.91 Å². The Morgan fingerprint density at radius 1 is 0.973 bits per heavy atom. The number of piperazine rings is 1. The van der Waals surface area contributed by atoms with Gasteiger partial charge in [-0.05, 0) is 36.3 Å². The number of methoxy groups -OCH3 is 2. The predicted octanol–water partition coefficient (Wildman–Crippen LogP) is 4.07. The van der Waals surface area contributed by atoms with Crippen molar-refractivity contribution < 1.29 is 32.2 Å². The highest BCUT2D eigenvalue weighted by Crippen LogP contribution is 2.36. The van der Waals surface area contributed by atoms with Crippen LogP contribution in [0.5, 0.6) is 17.2 Å². The highest BCUT2D eigenvalue weighted by Gasteiger charge is 2.32. The number of sulfonamides is 1. The van der Waals surface area contributed by atoms with Crippen molar-refractivity contribution in [2.45, 2.75) is 18.2 Å². The summed E-state index contributed by atoms with van der Waals surface area (Å²) >= 11 is 12.5. The van der Waals surface area contributed by atoms with Gasteiger partial charge in [-0.1, -0.05) is 36.7 Å². The van der Waals surface area contributed by atoms with E-state index in [9.17, 15) is 18.0 Å². The average Bonchev–Trinajstić information content (AvgIpc) is 2.92. The summed E-state index contributed by atoms with van der Waals surface area (Å²) in [4.78, 5) is 26.6. The van der Waals surface area contributed by atoms with E-state index in [0.29, 0.717) is 17.7 Å². The Bertz CT molecular complexity index is 1310. The van der Waals surface area contributed by atoms with Gasteiger partial charge in [0.15, 0.2) is 12.4 Å². The molecule has 0 saturated carbocycles. The predicted molar refractivity (Wildman–Crippen MR) is 141 cm³/mol. The van der Waals surface area contributed by atoms with Crippen LogP contribution >= 0.6 is 23.2 Å². The number of carbonyl (C=O) groups excluding carboxylic acids is 2. The van der Waals surface area contributed by atoms with Gasteiger partial charge >= 0.3 is 0 Å². The fourth-order valence-corrected chi connectivity index (χ4v) is 5.73. The maximum absolute atomic E-state index is 13.2. The molecule has 0 unspecified atom stereocenters. The van der Waals surface area contributed by atoms with Crippen LogP contribution < -0.4 is 14.2 Å². The molecule has 1 aliphatic heterocycles. The largest absolute Gasteiger partial charge is 0.497 e. The van der Waals surface area contributed by atoms with E-state index in [2.05, 4.69) is 6.58 Å². The van der Waals surface area contributed by atoms with Gasteiger partial charge in [0.05, 0.1) is 19.2 Å². The second-order valence-electron chi connectivity index (χ2n) is 8.12. The van der Waals surface area contributed by atoms with Crippen molar-refractivity contribution in [1.29, 1.82) is 0 Å². The van der Waals surface area contributed by atoms with Gasteiger partial charge in [-0.25, -0.2) is 8.42 Å². The van der Waals surface area contributed by atoms with Gasteiger partial charge in [-0.3, -0.25) is 9.59 Å². The zero-order valence-corrected chi connectivity index (χ0v) is 23.1. The number of amides is 1. The molecule has 37 heavy (non-hydrogen) atoms. The summed E-state index contributed by atoms with van der Waals surface area (Å²) < 4.78 is 43.6. The smallest absolute Gasteiger partial charge is 0.260 e. The SMILES string of the molecule is C=C(CC)C(=O)c1ccc(OCC(=O)N2CCN(S(=O)(=O)c3ccc(OC)cc3OC)CC2)c(Cl)c1Cl. The van der Waals surface area contributed by atoms with Crippen LogP contribution in [-0.2, 0) is 14.8 Å². The molecular formula is C25H28Cl2N2O7S. The van der Waals surface area contributed by atoms with Crippen molar-refractivity contribution in [3.05, 3.63) is 58.1 Å². The molecule has 0 N–H and O–H groups in total. The Morgan fingerprint density at radius 3 is 2.24 bits per heavy atom. The third kappa shape index (κ3) is 6.20. The molecule has 0 bridgehead atoms. The number of carbonyl (C=O) groups is 2. The molecule has 1 saturated heterocycles. The van der Waals surface area contributed by atoms with E-state index in [0.717, 1.165) is 0 Å². The lowest BCUT2D eigenvalue weighted by Gasteiger charge is -2.34. The third-order valence-electron chi connectivity index (χ3n) is 5.97. The Balaban J connectivity index is 1.62. The first-order valence-corrected chi connectivity index (χ1v) is 13.6. The maximum Gasteiger partial charge on any atom is 0.260 e. The van der Waals surface area contributed by atoms with E-state index >= 15 is 0 Å². The molecule has 9 nitrogen and oxygen atoms in total. The fraction of sp³-hybridized carbons (Fsp3) is 0.360. The third-order valence-corrected chi connectivity index (χ3v) is 8.77. The lowest BCUT2D eigenvalue weighted by Crippen LogP contribution is -2.51. The van der Waals surface area contributed by atoms with Gasteiger partial charge < -0.3 is 19.1 Å². The van der Waals surface area contributed by atoms with E-state index in [1.807, 2.05) is 6.92 Å². The summed E-state index contributed by atoms with van der Waals surface area (Å²) in [5.74, 6) is 0.156. The number of halogens is 2. The molecule has 1 aliphatic rings. The van der Waals surface area contributed by atoms with Gasteiger partial charge in [0.2, 0.25) is 10.0 Å². The Kier molecular flexibility index (Phi) is 9.46. The molecule has 0 atom stereocenters. The van der Waals surface area contributed by atoms with E-state index in [-0.39, 0.29) is 76.5 Å². The Morgan fingerprint density at radius 2 is 1.65 bits per heavy atom. The molecule has 2 aromatic rings. The molecular weight excluding hydrogens is 543 g/mol. The molecule has 0 radical (unpaired) electrons. The van der Waals surface area contributed by atoms with Gasteiger partial charge in [-0.2, -0.15) is 4.31 Å². The Labute approximate surface area is 226 Å². The van der Waals surface area contributed by atoms with Crippen LogP contribution in [0.1, 0.15) is 23.7 Å². The number of Topliss-reactive ketones (excluding diaryl/α,β-unsaturated/α-hetero) is 1. The first-order chi connectivity index (χ1) is 17.5. The summed E-state index contributed by atoms with van der Waals surface area (Å²) in [5.41, 5.74) is 0.608. The normalized spacial score (nSPS) is 14.2. The van der Waals surface area contributed by atoms with Crippen LogP contribution in [0.2, 0.25) is 10.0 Å². The molecule has 0 aromatic heterocycles. The number of hydrogen-bond acceptors (Lipinski definition) is 7. The molecule has 200 valence electrons. The number of hydrogen-bond donors (Lipinski definition) is 0. The lowest BCUT2D eigenvalue weighted by atomic mass is 10.0. The zero-order chi connectivity index (χ0) is 27.3. The summed E-state index contributed by atoms with van der Waals surface area (Å²) in [6.07, 6.45) is 0.474. The highest BCUT2D eigenvalue weighted by atomic mass is 35.5. The summed E-state index contributed by atoms with van der Waals surface area (Å²) in [7, 11) is -0.982. The molecule has 0 aliphatic carbocycles. The van der Waals surface area contributed by atoms with Crippen molar-refractivity contribution in [1.82, 2.24) is 9.21 Å². The minimum atomic E-state index is -3.85. The first kappa shape index (κ1) is 28.8. The number of benzene rings is 2.